The lowest BCUT2D eigenvalue weighted by Gasteiger charge is -2.23. The van der Waals surface area contributed by atoms with Gasteiger partial charge in [0.05, 0.1) is 19.3 Å². The molecule has 0 radical (unpaired) electrons. The Kier molecular flexibility index (Phi) is 5.38. The van der Waals surface area contributed by atoms with E-state index in [1.54, 1.807) is 0 Å². The fourth-order valence-corrected chi connectivity index (χ4v) is 2.08. The van der Waals surface area contributed by atoms with Crippen molar-refractivity contribution >= 4 is 11.6 Å². The molecular weight excluding hydrogens is 256 g/mol. The molecule has 0 aliphatic carbocycles. The predicted octanol–water partition coefficient (Wildman–Crippen LogP) is 1.79. The molecule has 1 aliphatic rings. The summed E-state index contributed by atoms with van der Waals surface area (Å²) in [7, 11) is 0. The highest BCUT2D eigenvalue weighted by atomic mass is 16.5. The third-order valence-electron chi connectivity index (χ3n) is 2.94. The fraction of sp³-hybridized carbons (Fsp3) is 0.533. The number of morpholine rings is 1. The van der Waals surface area contributed by atoms with Crippen LogP contribution in [-0.4, -0.2) is 37.8 Å². The van der Waals surface area contributed by atoms with Crippen molar-refractivity contribution in [1.82, 2.24) is 5.32 Å². The summed E-state index contributed by atoms with van der Waals surface area (Å²) in [6.45, 7) is 6.08. The molecule has 20 heavy (non-hydrogen) atoms. The number of benzene rings is 1. The molecule has 1 unspecified atom stereocenters. The summed E-state index contributed by atoms with van der Waals surface area (Å²) >= 11 is 0. The molecule has 2 rings (SSSR count). The van der Waals surface area contributed by atoms with E-state index >= 15 is 0 Å². The van der Waals surface area contributed by atoms with Crippen LogP contribution in [0.1, 0.15) is 20.3 Å². The lowest BCUT2D eigenvalue weighted by Crippen LogP contribution is -2.43. The van der Waals surface area contributed by atoms with Gasteiger partial charge in [-0.2, -0.15) is 0 Å². The number of carbonyl (C=O) groups is 1. The molecule has 2 N–H and O–H groups in total. The highest BCUT2D eigenvalue weighted by molar-refractivity contribution is 5.91. The normalized spacial score (nSPS) is 18.9. The van der Waals surface area contributed by atoms with E-state index in [2.05, 4.69) is 10.6 Å². The molecule has 1 aromatic carbocycles. The summed E-state index contributed by atoms with van der Waals surface area (Å²) in [4.78, 5) is 11.9. The van der Waals surface area contributed by atoms with Gasteiger partial charge in [-0.3, -0.25) is 4.79 Å². The summed E-state index contributed by atoms with van der Waals surface area (Å²) in [5.74, 6) is 0.797. The largest absolute Gasteiger partial charge is 0.491 e. The maximum atomic E-state index is 11.9. The number of anilines is 1. The maximum Gasteiger partial charge on any atom is 0.226 e. The standard InChI is InChI=1S/C15H22N2O3/c1-11(2)20-14-5-3-12(4-6-14)17-15(18)9-13-10-19-8-7-16-13/h3-6,11,13,16H,7-10H2,1-2H3,(H,17,18). The summed E-state index contributed by atoms with van der Waals surface area (Å²) < 4.78 is 10.9. The zero-order valence-corrected chi connectivity index (χ0v) is 12.0. The van der Waals surface area contributed by atoms with Crippen molar-refractivity contribution in [2.24, 2.45) is 0 Å². The van der Waals surface area contributed by atoms with Crippen molar-refractivity contribution in [3.8, 4) is 5.75 Å². The van der Waals surface area contributed by atoms with Gasteiger partial charge < -0.3 is 20.1 Å². The van der Waals surface area contributed by atoms with Crippen LogP contribution in [0.3, 0.4) is 0 Å². The number of ether oxygens (including phenoxy) is 2. The average Bonchev–Trinajstić information content (AvgIpc) is 2.41. The van der Waals surface area contributed by atoms with Crippen LogP contribution in [0, 0.1) is 0 Å². The Morgan fingerprint density at radius 2 is 2.20 bits per heavy atom. The minimum atomic E-state index is -0.00877. The van der Waals surface area contributed by atoms with Crippen LogP contribution in [0.2, 0.25) is 0 Å². The van der Waals surface area contributed by atoms with Gasteiger partial charge in [-0.15, -0.1) is 0 Å². The molecule has 1 amide bonds. The third kappa shape index (κ3) is 4.83. The molecular formula is C15H22N2O3. The Bertz CT molecular complexity index is 425. The van der Waals surface area contributed by atoms with Crippen LogP contribution in [0.5, 0.6) is 5.75 Å². The van der Waals surface area contributed by atoms with Gasteiger partial charge in [0.1, 0.15) is 5.75 Å². The topological polar surface area (TPSA) is 59.6 Å². The summed E-state index contributed by atoms with van der Waals surface area (Å²) in [5, 5.41) is 6.14. The number of hydrogen-bond acceptors (Lipinski definition) is 4. The third-order valence-corrected chi connectivity index (χ3v) is 2.94. The van der Waals surface area contributed by atoms with E-state index < -0.39 is 0 Å². The summed E-state index contributed by atoms with van der Waals surface area (Å²) in [5.41, 5.74) is 0.780. The van der Waals surface area contributed by atoms with Crippen molar-refractivity contribution in [2.75, 3.05) is 25.1 Å². The SMILES string of the molecule is CC(C)Oc1ccc(NC(=O)CC2COCCN2)cc1. The van der Waals surface area contributed by atoms with Gasteiger partial charge in [0.15, 0.2) is 0 Å². The van der Waals surface area contributed by atoms with Crippen molar-refractivity contribution in [2.45, 2.75) is 32.4 Å². The van der Waals surface area contributed by atoms with Crippen LogP contribution < -0.4 is 15.4 Å². The van der Waals surface area contributed by atoms with Gasteiger partial charge in [0, 0.05) is 24.7 Å². The molecule has 0 saturated carbocycles. The molecule has 1 saturated heterocycles. The fourth-order valence-electron chi connectivity index (χ4n) is 2.08. The molecule has 110 valence electrons. The van der Waals surface area contributed by atoms with Crippen molar-refractivity contribution in [3.05, 3.63) is 24.3 Å². The summed E-state index contributed by atoms with van der Waals surface area (Å²) in [6.07, 6.45) is 0.567. The average molecular weight is 278 g/mol. The van der Waals surface area contributed by atoms with Crippen molar-refractivity contribution in [1.29, 1.82) is 0 Å². The Morgan fingerprint density at radius 1 is 1.45 bits per heavy atom. The summed E-state index contributed by atoms with van der Waals surface area (Å²) in [6, 6.07) is 7.52. The Hall–Kier alpha value is -1.59. The molecule has 1 fully saturated rings. The highest BCUT2D eigenvalue weighted by Gasteiger charge is 2.16. The van der Waals surface area contributed by atoms with E-state index in [1.165, 1.54) is 0 Å². The van der Waals surface area contributed by atoms with E-state index in [4.69, 9.17) is 9.47 Å². The monoisotopic (exact) mass is 278 g/mol. The first kappa shape index (κ1) is 14.8. The quantitative estimate of drug-likeness (QED) is 0.862. The number of amides is 1. The van der Waals surface area contributed by atoms with Gasteiger partial charge >= 0.3 is 0 Å². The van der Waals surface area contributed by atoms with Crippen molar-refractivity contribution < 1.29 is 14.3 Å². The van der Waals surface area contributed by atoms with E-state index in [9.17, 15) is 4.79 Å². The molecule has 1 aromatic rings. The highest BCUT2D eigenvalue weighted by Crippen LogP contribution is 2.17. The first-order valence-corrected chi connectivity index (χ1v) is 7.01. The van der Waals surface area contributed by atoms with E-state index in [-0.39, 0.29) is 18.1 Å². The lowest BCUT2D eigenvalue weighted by atomic mass is 10.2. The smallest absolute Gasteiger partial charge is 0.226 e. The maximum absolute atomic E-state index is 11.9. The Morgan fingerprint density at radius 3 is 2.80 bits per heavy atom. The van der Waals surface area contributed by atoms with Gasteiger partial charge in [-0.1, -0.05) is 0 Å². The second-order valence-electron chi connectivity index (χ2n) is 5.17. The lowest BCUT2D eigenvalue weighted by molar-refractivity contribution is -0.117. The molecule has 0 aromatic heterocycles. The number of hydrogen-bond donors (Lipinski definition) is 2. The molecule has 5 heteroatoms. The van der Waals surface area contributed by atoms with E-state index in [1.807, 2.05) is 38.1 Å². The second kappa shape index (κ2) is 7.26. The molecule has 0 bridgehead atoms. The Labute approximate surface area is 119 Å². The molecule has 5 nitrogen and oxygen atoms in total. The number of rotatable bonds is 5. The van der Waals surface area contributed by atoms with Gasteiger partial charge in [-0.25, -0.2) is 0 Å². The zero-order valence-electron chi connectivity index (χ0n) is 12.0. The van der Waals surface area contributed by atoms with Gasteiger partial charge in [0.2, 0.25) is 5.91 Å². The molecule has 1 heterocycles. The minimum Gasteiger partial charge on any atom is -0.491 e. The molecule has 0 spiro atoms. The number of carbonyl (C=O) groups excluding carboxylic acids is 1. The number of nitrogens with one attached hydrogen (secondary N) is 2. The predicted molar refractivity (Wildman–Crippen MR) is 78.1 cm³/mol. The Balaban J connectivity index is 1.81. The van der Waals surface area contributed by atoms with Crippen LogP contribution in [0.25, 0.3) is 0 Å². The van der Waals surface area contributed by atoms with Gasteiger partial charge in [0.25, 0.3) is 0 Å². The second-order valence-corrected chi connectivity index (χ2v) is 5.17. The van der Waals surface area contributed by atoms with Crippen LogP contribution in [-0.2, 0) is 9.53 Å². The van der Waals surface area contributed by atoms with Gasteiger partial charge in [-0.05, 0) is 38.1 Å². The van der Waals surface area contributed by atoms with Crippen LogP contribution >= 0.6 is 0 Å². The van der Waals surface area contributed by atoms with Crippen LogP contribution in [0.15, 0.2) is 24.3 Å². The van der Waals surface area contributed by atoms with Crippen molar-refractivity contribution in [3.63, 3.8) is 0 Å². The molecule has 1 atom stereocenters. The first-order chi connectivity index (χ1) is 9.63. The first-order valence-electron chi connectivity index (χ1n) is 7.01. The van der Waals surface area contributed by atoms with Crippen LogP contribution in [0.4, 0.5) is 5.69 Å². The zero-order chi connectivity index (χ0) is 14.4. The molecule has 1 aliphatic heterocycles. The minimum absolute atomic E-state index is 0.00877. The van der Waals surface area contributed by atoms with E-state index in [0.717, 1.165) is 24.6 Å². The van der Waals surface area contributed by atoms with E-state index in [0.29, 0.717) is 13.0 Å².